The van der Waals surface area contributed by atoms with E-state index in [1.807, 2.05) is 37.3 Å². The van der Waals surface area contributed by atoms with Gasteiger partial charge in [0.15, 0.2) is 0 Å². The second-order valence-electron chi connectivity index (χ2n) is 5.17. The minimum atomic E-state index is -3.46. The van der Waals surface area contributed by atoms with Gasteiger partial charge in [-0.2, -0.15) is 0 Å². The van der Waals surface area contributed by atoms with E-state index in [0.29, 0.717) is 19.6 Å². The van der Waals surface area contributed by atoms with Gasteiger partial charge in [0.05, 0.1) is 4.90 Å². The molecule has 7 heteroatoms. The average molecular weight is 302 g/mol. The van der Waals surface area contributed by atoms with Crippen molar-refractivity contribution < 1.29 is 8.42 Å². The largest absolute Gasteiger partial charge is 0.346 e. The Morgan fingerprint density at radius 1 is 1.45 bits per heavy atom. The number of aromatic nitrogens is 1. The van der Waals surface area contributed by atoms with Crippen molar-refractivity contribution in [2.75, 3.05) is 26.7 Å². The maximum atomic E-state index is 12.2. The summed E-state index contributed by atoms with van der Waals surface area (Å²) in [6.45, 7) is 8.33. The Labute approximate surface area is 122 Å². The average Bonchev–Trinajstić information content (AvgIpc) is 2.83. The van der Waals surface area contributed by atoms with Crippen LogP contribution in [0.15, 0.2) is 17.2 Å². The predicted octanol–water partition coefficient (Wildman–Crippen LogP) is 0.758. The van der Waals surface area contributed by atoms with E-state index in [4.69, 9.17) is 5.73 Å². The smallest absolute Gasteiger partial charge is 0.242 e. The summed E-state index contributed by atoms with van der Waals surface area (Å²) in [5.41, 5.74) is 6.49. The van der Waals surface area contributed by atoms with Crippen LogP contribution in [0, 0.1) is 0 Å². The van der Waals surface area contributed by atoms with E-state index in [1.54, 1.807) is 12.3 Å². The molecule has 0 amide bonds. The summed E-state index contributed by atoms with van der Waals surface area (Å²) in [7, 11) is -1.51. The number of hydrogen-bond acceptors (Lipinski definition) is 4. The molecule has 116 valence electrons. The van der Waals surface area contributed by atoms with Gasteiger partial charge in [-0.25, -0.2) is 13.1 Å². The van der Waals surface area contributed by atoms with Crippen LogP contribution in [-0.4, -0.2) is 44.6 Å². The minimum absolute atomic E-state index is 0.184. The van der Waals surface area contributed by atoms with Crippen molar-refractivity contribution in [1.29, 1.82) is 0 Å². The van der Waals surface area contributed by atoms with Gasteiger partial charge < -0.3 is 15.2 Å². The Bertz CT molecular complexity index is 522. The Kier molecular flexibility index (Phi) is 6.19. The summed E-state index contributed by atoms with van der Waals surface area (Å²) in [5, 5.41) is 0. The molecule has 6 nitrogen and oxygen atoms in total. The van der Waals surface area contributed by atoms with Crippen molar-refractivity contribution >= 4 is 10.0 Å². The Hall–Kier alpha value is -0.890. The van der Waals surface area contributed by atoms with Crippen molar-refractivity contribution in [2.45, 2.75) is 38.3 Å². The highest BCUT2D eigenvalue weighted by molar-refractivity contribution is 7.89. The number of nitrogens with one attached hydrogen (secondary N) is 1. The first-order valence-corrected chi connectivity index (χ1v) is 8.39. The van der Waals surface area contributed by atoms with Crippen LogP contribution in [0.4, 0.5) is 0 Å². The molecule has 0 aliphatic rings. The number of likely N-dealkylation sites (N-methyl/N-ethyl adjacent to an activating group) is 1. The topological polar surface area (TPSA) is 80.4 Å². The highest BCUT2D eigenvalue weighted by Crippen LogP contribution is 2.18. The number of rotatable bonds is 8. The third-order valence-corrected chi connectivity index (χ3v) is 4.74. The number of nitrogens with zero attached hydrogens (tertiary/aromatic N) is 2. The lowest BCUT2D eigenvalue weighted by atomic mass is 10.3. The van der Waals surface area contributed by atoms with Gasteiger partial charge in [-0.15, -0.1) is 0 Å². The van der Waals surface area contributed by atoms with Crippen LogP contribution in [0.2, 0.25) is 0 Å². The van der Waals surface area contributed by atoms with Gasteiger partial charge in [0, 0.05) is 37.6 Å². The van der Waals surface area contributed by atoms with E-state index in [-0.39, 0.29) is 10.9 Å². The molecule has 1 rings (SSSR count). The highest BCUT2D eigenvalue weighted by atomic mass is 32.2. The van der Waals surface area contributed by atoms with Crippen LogP contribution in [0.3, 0.4) is 0 Å². The fraction of sp³-hybridized carbons (Fsp3) is 0.692. The molecule has 1 heterocycles. The minimum Gasteiger partial charge on any atom is -0.346 e. The van der Waals surface area contributed by atoms with E-state index >= 15 is 0 Å². The van der Waals surface area contributed by atoms with Crippen molar-refractivity contribution in [2.24, 2.45) is 5.73 Å². The third kappa shape index (κ3) is 4.31. The zero-order valence-electron chi connectivity index (χ0n) is 12.8. The second kappa shape index (κ2) is 7.21. The Morgan fingerprint density at radius 2 is 2.10 bits per heavy atom. The normalized spacial score (nSPS) is 12.6. The zero-order chi connectivity index (χ0) is 15.3. The molecule has 3 N–H and O–H groups in total. The molecule has 0 unspecified atom stereocenters. The van der Waals surface area contributed by atoms with E-state index in [2.05, 4.69) is 4.72 Å². The van der Waals surface area contributed by atoms with Crippen molar-refractivity contribution in [3.63, 3.8) is 0 Å². The molecule has 0 aliphatic heterocycles. The van der Waals surface area contributed by atoms with Gasteiger partial charge >= 0.3 is 0 Å². The summed E-state index contributed by atoms with van der Waals surface area (Å²) in [5.74, 6) is 0. The molecule has 0 atom stereocenters. The molecule has 0 aliphatic carbocycles. The molecule has 0 saturated carbocycles. The quantitative estimate of drug-likeness (QED) is 0.743. The van der Waals surface area contributed by atoms with Crippen LogP contribution in [0.1, 0.15) is 32.5 Å². The summed E-state index contributed by atoms with van der Waals surface area (Å²) < 4.78 is 29.0. The van der Waals surface area contributed by atoms with Crippen LogP contribution in [-0.2, 0) is 16.6 Å². The molecule has 0 fully saturated rings. The number of sulfonamides is 1. The Balaban J connectivity index is 2.82. The van der Waals surface area contributed by atoms with Crippen molar-refractivity contribution in [1.82, 2.24) is 14.2 Å². The summed E-state index contributed by atoms with van der Waals surface area (Å²) >= 11 is 0. The highest BCUT2D eigenvalue weighted by Gasteiger charge is 2.18. The monoisotopic (exact) mass is 302 g/mol. The van der Waals surface area contributed by atoms with Crippen LogP contribution in [0.25, 0.3) is 0 Å². The van der Waals surface area contributed by atoms with Gasteiger partial charge in [0.25, 0.3) is 0 Å². The summed E-state index contributed by atoms with van der Waals surface area (Å²) in [4.78, 5) is 2.33. The van der Waals surface area contributed by atoms with Gasteiger partial charge in [0.1, 0.15) is 0 Å². The lowest BCUT2D eigenvalue weighted by Gasteiger charge is -2.13. The zero-order valence-corrected chi connectivity index (χ0v) is 13.6. The van der Waals surface area contributed by atoms with E-state index < -0.39 is 10.0 Å². The first-order valence-electron chi connectivity index (χ1n) is 6.90. The van der Waals surface area contributed by atoms with Crippen molar-refractivity contribution in [3.8, 4) is 0 Å². The molecule has 0 saturated heterocycles. The number of hydrogen-bond donors (Lipinski definition) is 2. The van der Waals surface area contributed by atoms with Gasteiger partial charge in [0.2, 0.25) is 10.0 Å². The molecule has 0 radical (unpaired) electrons. The standard InChI is InChI=1S/C13H26N4O2S/c1-5-16(4)7-6-15-20(18,19)13-8-12(9-14)17(10-13)11(2)3/h8,10-11,15H,5-7,9,14H2,1-4H3. The maximum Gasteiger partial charge on any atom is 0.242 e. The first-order chi connectivity index (χ1) is 9.31. The molecule has 1 aromatic rings. The van der Waals surface area contributed by atoms with Gasteiger partial charge in [-0.1, -0.05) is 6.92 Å². The SMILES string of the molecule is CCN(C)CCNS(=O)(=O)c1cc(CN)n(C(C)C)c1. The fourth-order valence-corrected chi connectivity index (χ4v) is 2.97. The van der Waals surface area contributed by atoms with E-state index in [0.717, 1.165) is 12.2 Å². The molecule has 0 bridgehead atoms. The molecule has 0 aromatic carbocycles. The van der Waals surface area contributed by atoms with Crippen LogP contribution < -0.4 is 10.5 Å². The fourth-order valence-electron chi connectivity index (χ4n) is 1.90. The third-order valence-electron chi connectivity index (χ3n) is 3.31. The summed E-state index contributed by atoms with van der Waals surface area (Å²) in [6.07, 6.45) is 1.65. The Morgan fingerprint density at radius 3 is 2.55 bits per heavy atom. The second-order valence-corrected chi connectivity index (χ2v) is 6.93. The lowest BCUT2D eigenvalue weighted by molar-refractivity contribution is 0.358. The van der Waals surface area contributed by atoms with E-state index in [1.165, 1.54) is 0 Å². The molecule has 1 aromatic heterocycles. The number of nitrogens with two attached hydrogens (primary N) is 1. The van der Waals surface area contributed by atoms with Gasteiger partial charge in [-0.05, 0) is 33.5 Å². The summed E-state index contributed by atoms with van der Waals surface area (Å²) in [6, 6.07) is 1.83. The maximum absolute atomic E-state index is 12.2. The first kappa shape index (κ1) is 17.2. The molecule has 20 heavy (non-hydrogen) atoms. The molecule has 0 spiro atoms. The van der Waals surface area contributed by atoms with Gasteiger partial charge in [-0.3, -0.25) is 0 Å². The van der Waals surface area contributed by atoms with Crippen molar-refractivity contribution in [3.05, 3.63) is 18.0 Å². The molecular formula is C13H26N4O2S. The van der Waals surface area contributed by atoms with Crippen LogP contribution >= 0.6 is 0 Å². The van der Waals surface area contributed by atoms with Crippen LogP contribution in [0.5, 0.6) is 0 Å². The molecular weight excluding hydrogens is 276 g/mol. The van der Waals surface area contributed by atoms with E-state index in [9.17, 15) is 8.42 Å². The predicted molar refractivity (Wildman–Crippen MR) is 81.1 cm³/mol. The lowest BCUT2D eigenvalue weighted by Crippen LogP contribution is -2.32.